The molecule has 0 radical (unpaired) electrons. The molecule has 1 nitrogen and oxygen atoms in total. The second-order valence-corrected chi connectivity index (χ2v) is 4.62. The molecule has 3 heteroatoms. The molecule has 1 aromatic carbocycles. The molecule has 0 saturated carbocycles. The van der Waals surface area contributed by atoms with Crippen LogP contribution < -0.4 is 5.32 Å². The van der Waals surface area contributed by atoms with Crippen LogP contribution in [0.15, 0.2) is 40.3 Å². The van der Waals surface area contributed by atoms with Gasteiger partial charge in [-0.1, -0.05) is 46.2 Å². The Morgan fingerprint density at radius 2 is 2.07 bits per heavy atom. The second kappa shape index (κ2) is 5.54. The fraction of sp³-hybridized carbons (Fsp3) is 0.273. The standard InChI is InChI=1S/C11H13BrClN/c1-8(13)7-14-9(2)10-3-5-11(12)6-4-10/h3-6,9,14H,1,7H2,2H3/t9-/m1/s1. The van der Waals surface area contributed by atoms with Crippen LogP contribution in [0.2, 0.25) is 0 Å². The van der Waals surface area contributed by atoms with Gasteiger partial charge in [0, 0.05) is 22.1 Å². The SMILES string of the molecule is C=C(Cl)CN[C@H](C)c1ccc(Br)cc1. The zero-order valence-corrected chi connectivity index (χ0v) is 10.4. The Morgan fingerprint density at radius 3 is 2.57 bits per heavy atom. The van der Waals surface area contributed by atoms with Crippen molar-refractivity contribution in [1.82, 2.24) is 5.32 Å². The third kappa shape index (κ3) is 3.82. The number of halogens is 2. The van der Waals surface area contributed by atoms with Crippen molar-refractivity contribution < 1.29 is 0 Å². The Kier molecular flexibility index (Phi) is 4.66. The Hall–Kier alpha value is -0.310. The van der Waals surface area contributed by atoms with Crippen LogP contribution in [0.4, 0.5) is 0 Å². The maximum absolute atomic E-state index is 5.67. The summed E-state index contributed by atoms with van der Waals surface area (Å²) in [4.78, 5) is 0. The highest BCUT2D eigenvalue weighted by Gasteiger charge is 2.03. The summed E-state index contributed by atoms with van der Waals surface area (Å²) < 4.78 is 1.09. The average Bonchev–Trinajstić information content (AvgIpc) is 2.15. The van der Waals surface area contributed by atoms with Gasteiger partial charge in [0.1, 0.15) is 0 Å². The molecular formula is C11H13BrClN. The fourth-order valence-corrected chi connectivity index (χ4v) is 1.47. The van der Waals surface area contributed by atoms with Gasteiger partial charge in [-0.3, -0.25) is 0 Å². The first-order chi connectivity index (χ1) is 6.59. The Labute approximate surface area is 98.3 Å². The molecule has 76 valence electrons. The van der Waals surface area contributed by atoms with Crippen LogP contribution in [0, 0.1) is 0 Å². The molecule has 0 unspecified atom stereocenters. The monoisotopic (exact) mass is 273 g/mol. The van der Waals surface area contributed by atoms with Crippen LogP contribution in [0.5, 0.6) is 0 Å². The lowest BCUT2D eigenvalue weighted by atomic mass is 10.1. The zero-order chi connectivity index (χ0) is 10.6. The molecule has 0 amide bonds. The van der Waals surface area contributed by atoms with E-state index in [1.807, 2.05) is 12.1 Å². The van der Waals surface area contributed by atoms with Crippen LogP contribution in [0.3, 0.4) is 0 Å². The molecule has 0 aliphatic heterocycles. The number of hydrogen-bond acceptors (Lipinski definition) is 1. The quantitative estimate of drug-likeness (QED) is 0.879. The van der Waals surface area contributed by atoms with E-state index in [9.17, 15) is 0 Å². The summed E-state index contributed by atoms with van der Waals surface area (Å²) in [6, 6.07) is 8.52. The predicted octanol–water partition coefficient (Wildman–Crippen LogP) is 3.85. The van der Waals surface area contributed by atoms with Crippen molar-refractivity contribution >= 4 is 27.5 Å². The van der Waals surface area contributed by atoms with Gasteiger partial charge >= 0.3 is 0 Å². The van der Waals surface area contributed by atoms with E-state index in [1.54, 1.807) is 0 Å². The summed E-state index contributed by atoms with van der Waals surface area (Å²) in [5.41, 5.74) is 1.24. The minimum absolute atomic E-state index is 0.290. The molecule has 0 saturated heterocycles. The third-order valence-corrected chi connectivity index (χ3v) is 2.63. The number of rotatable bonds is 4. The molecule has 1 aromatic rings. The molecular weight excluding hydrogens is 261 g/mol. The van der Waals surface area contributed by atoms with E-state index < -0.39 is 0 Å². The lowest BCUT2D eigenvalue weighted by molar-refractivity contribution is 0.614. The van der Waals surface area contributed by atoms with Crippen LogP contribution in [0.1, 0.15) is 18.5 Å². The summed E-state index contributed by atoms with van der Waals surface area (Å²) in [6.45, 7) is 6.37. The van der Waals surface area contributed by atoms with Crippen molar-refractivity contribution in [3.8, 4) is 0 Å². The van der Waals surface area contributed by atoms with Crippen molar-refractivity contribution in [3.63, 3.8) is 0 Å². The highest BCUT2D eigenvalue weighted by Crippen LogP contribution is 2.16. The Morgan fingerprint density at radius 1 is 1.50 bits per heavy atom. The van der Waals surface area contributed by atoms with Gasteiger partial charge in [0.25, 0.3) is 0 Å². The summed E-state index contributed by atoms with van der Waals surface area (Å²) in [6.07, 6.45) is 0. The lowest BCUT2D eigenvalue weighted by Gasteiger charge is -2.13. The second-order valence-electron chi connectivity index (χ2n) is 3.17. The zero-order valence-electron chi connectivity index (χ0n) is 8.06. The maximum atomic E-state index is 5.67. The van der Waals surface area contributed by atoms with Gasteiger partial charge in [-0.2, -0.15) is 0 Å². The van der Waals surface area contributed by atoms with E-state index in [4.69, 9.17) is 11.6 Å². The number of hydrogen-bond donors (Lipinski definition) is 1. The molecule has 14 heavy (non-hydrogen) atoms. The largest absolute Gasteiger partial charge is 0.305 e. The van der Waals surface area contributed by atoms with Gasteiger partial charge in [-0.15, -0.1) is 0 Å². The summed E-state index contributed by atoms with van der Waals surface area (Å²) in [7, 11) is 0. The van der Waals surface area contributed by atoms with Crippen LogP contribution in [0.25, 0.3) is 0 Å². The number of nitrogens with one attached hydrogen (secondary N) is 1. The van der Waals surface area contributed by atoms with E-state index in [0.717, 1.165) is 4.47 Å². The van der Waals surface area contributed by atoms with Crippen molar-refractivity contribution in [2.45, 2.75) is 13.0 Å². The maximum Gasteiger partial charge on any atom is 0.0313 e. The molecule has 0 aromatic heterocycles. The molecule has 1 rings (SSSR count). The molecule has 1 atom stereocenters. The summed E-state index contributed by atoms with van der Waals surface area (Å²) in [5.74, 6) is 0. The average molecular weight is 275 g/mol. The molecule has 1 N–H and O–H groups in total. The first kappa shape index (κ1) is 11.8. The van der Waals surface area contributed by atoms with E-state index in [2.05, 4.69) is 46.9 Å². The molecule has 0 aliphatic rings. The molecule has 0 bridgehead atoms. The molecule has 0 fully saturated rings. The predicted molar refractivity (Wildman–Crippen MR) is 65.6 cm³/mol. The van der Waals surface area contributed by atoms with Gasteiger partial charge in [0.05, 0.1) is 0 Å². The minimum atomic E-state index is 0.290. The highest BCUT2D eigenvalue weighted by molar-refractivity contribution is 9.10. The Bertz CT molecular complexity index is 308. The van der Waals surface area contributed by atoms with Crippen molar-refractivity contribution in [2.75, 3.05) is 6.54 Å². The minimum Gasteiger partial charge on any atom is -0.305 e. The van der Waals surface area contributed by atoms with Crippen molar-refractivity contribution in [2.24, 2.45) is 0 Å². The molecule has 0 aliphatic carbocycles. The fourth-order valence-electron chi connectivity index (χ4n) is 1.13. The molecule has 0 spiro atoms. The normalized spacial score (nSPS) is 12.5. The lowest BCUT2D eigenvalue weighted by Crippen LogP contribution is -2.19. The highest BCUT2D eigenvalue weighted by atomic mass is 79.9. The van der Waals surface area contributed by atoms with E-state index in [-0.39, 0.29) is 0 Å². The Balaban J connectivity index is 2.56. The van der Waals surface area contributed by atoms with Crippen LogP contribution >= 0.6 is 27.5 Å². The van der Waals surface area contributed by atoms with Gasteiger partial charge in [-0.25, -0.2) is 0 Å². The first-order valence-corrected chi connectivity index (χ1v) is 5.59. The van der Waals surface area contributed by atoms with Gasteiger partial charge < -0.3 is 5.32 Å². The van der Waals surface area contributed by atoms with E-state index in [1.165, 1.54) is 5.56 Å². The van der Waals surface area contributed by atoms with Crippen molar-refractivity contribution in [3.05, 3.63) is 45.9 Å². The van der Waals surface area contributed by atoms with Gasteiger partial charge in [0.15, 0.2) is 0 Å². The first-order valence-electron chi connectivity index (χ1n) is 4.41. The van der Waals surface area contributed by atoms with E-state index >= 15 is 0 Å². The topological polar surface area (TPSA) is 12.0 Å². The third-order valence-electron chi connectivity index (χ3n) is 1.97. The number of benzene rings is 1. The van der Waals surface area contributed by atoms with E-state index in [0.29, 0.717) is 17.6 Å². The summed E-state index contributed by atoms with van der Waals surface area (Å²) >= 11 is 9.07. The van der Waals surface area contributed by atoms with Crippen molar-refractivity contribution in [1.29, 1.82) is 0 Å². The van der Waals surface area contributed by atoms with Crippen LogP contribution in [-0.4, -0.2) is 6.54 Å². The van der Waals surface area contributed by atoms with Gasteiger partial charge in [-0.05, 0) is 24.6 Å². The summed E-state index contributed by atoms with van der Waals surface area (Å²) in [5, 5.41) is 3.90. The molecule has 0 heterocycles. The van der Waals surface area contributed by atoms with Gasteiger partial charge in [0.2, 0.25) is 0 Å². The van der Waals surface area contributed by atoms with Crippen LogP contribution in [-0.2, 0) is 0 Å². The smallest absolute Gasteiger partial charge is 0.0313 e.